The second-order valence-corrected chi connectivity index (χ2v) is 4.22. The van der Waals surface area contributed by atoms with E-state index in [2.05, 4.69) is 18.5 Å². The first-order valence-electron chi connectivity index (χ1n) is 5.73. The molecule has 3 nitrogen and oxygen atoms in total. The molecular formula is C11H25NO2S. The Kier molecular flexibility index (Phi) is 10.9. The van der Waals surface area contributed by atoms with Gasteiger partial charge in [-0.25, -0.2) is 0 Å². The van der Waals surface area contributed by atoms with E-state index in [1.54, 1.807) is 0 Å². The molecule has 0 aliphatic carbocycles. The van der Waals surface area contributed by atoms with Crippen molar-refractivity contribution < 1.29 is 9.47 Å². The third-order valence-corrected chi connectivity index (χ3v) is 2.87. The molecule has 1 atom stereocenters. The van der Waals surface area contributed by atoms with E-state index in [0.717, 1.165) is 18.7 Å². The van der Waals surface area contributed by atoms with Crippen LogP contribution in [0.15, 0.2) is 0 Å². The average molecular weight is 235 g/mol. The predicted octanol–water partition coefficient (Wildman–Crippen LogP) is 2.12. The molecule has 0 aromatic heterocycles. The molecule has 15 heavy (non-hydrogen) atoms. The smallest absolute Gasteiger partial charge is 0.169 e. The monoisotopic (exact) mass is 235 g/mol. The summed E-state index contributed by atoms with van der Waals surface area (Å²) in [6.07, 6.45) is 3.18. The van der Waals surface area contributed by atoms with Crippen molar-refractivity contribution >= 4 is 11.8 Å². The maximum atomic E-state index is 5.46. The van der Waals surface area contributed by atoms with Crippen molar-refractivity contribution in [3.8, 4) is 0 Å². The number of thioether (sulfide) groups is 1. The Balaban J connectivity index is 3.73. The number of hydrogen-bond donors (Lipinski definition) is 1. The van der Waals surface area contributed by atoms with E-state index in [9.17, 15) is 0 Å². The van der Waals surface area contributed by atoms with Gasteiger partial charge in [0.25, 0.3) is 0 Å². The summed E-state index contributed by atoms with van der Waals surface area (Å²) >= 11 is 1.87. The van der Waals surface area contributed by atoms with Gasteiger partial charge in [0.05, 0.1) is 0 Å². The molecule has 0 rings (SSSR count). The molecule has 0 radical (unpaired) electrons. The van der Waals surface area contributed by atoms with Crippen LogP contribution in [0.1, 0.15) is 27.2 Å². The summed E-state index contributed by atoms with van der Waals surface area (Å²) in [5.41, 5.74) is 0. The van der Waals surface area contributed by atoms with Crippen molar-refractivity contribution in [1.29, 1.82) is 0 Å². The minimum atomic E-state index is -0.101. The molecule has 0 saturated carbocycles. The molecule has 1 N–H and O–H groups in total. The van der Waals surface area contributed by atoms with Crippen LogP contribution in [0.3, 0.4) is 0 Å². The fourth-order valence-corrected chi connectivity index (χ4v) is 2.08. The molecule has 4 heteroatoms. The Bertz CT molecular complexity index is 130. The lowest BCUT2D eigenvalue weighted by molar-refractivity contribution is -0.133. The summed E-state index contributed by atoms with van der Waals surface area (Å²) < 4.78 is 10.9. The van der Waals surface area contributed by atoms with Gasteiger partial charge in [0, 0.05) is 31.6 Å². The first-order valence-corrected chi connectivity index (χ1v) is 7.13. The normalized spacial score (nSPS) is 13.4. The molecule has 1 unspecified atom stereocenters. The summed E-state index contributed by atoms with van der Waals surface area (Å²) in [6.45, 7) is 8.36. The lowest BCUT2D eigenvalue weighted by Crippen LogP contribution is -2.39. The average Bonchev–Trinajstić information content (AvgIpc) is 2.24. The number of rotatable bonds is 10. The summed E-state index contributed by atoms with van der Waals surface area (Å²) in [5, 5.41) is 3.47. The van der Waals surface area contributed by atoms with Crippen LogP contribution in [0, 0.1) is 0 Å². The van der Waals surface area contributed by atoms with Crippen molar-refractivity contribution in [3.05, 3.63) is 0 Å². The lowest BCUT2D eigenvalue weighted by Gasteiger charge is -2.21. The zero-order valence-electron chi connectivity index (χ0n) is 10.4. The molecule has 92 valence electrons. The van der Waals surface area contributed by atoms with E-state index in [4.69, 9.17) is 9.47 Å². The van der Waals surface area contributed by atoms with Crippen molar-refractivity contribution in [2.75, 3.05) is 31.8 Å². The Labute approximate surface area is 98.3 Å². The summed E-state index contributed by atoms with van der Waals surface area (Å²) in [7, 11) is 0. The maximum Gasteiger partial charge on any atom is 0.169 e. The van der Waals surface area contributed by atoms with Crippen LogP contribution in [0.4, 0.5) is 0 Å². The predicted molar refractivity (Wildman–Crippen MR) is 67.5 cm³/mol. The lowest BCUT2D eigenvalue weighted by atomic mass is 10.2. The van der Waals surface area contributed by atoms with Crippen molar-refractivity contribution in [1.82, 2.24) is 5.32 Å². The van der Waals surface area contributed by atoms with Crippen LogP contribution in [0.25, 0.3) is 0 Å². The Morgan fingerprint density at radius 3 is 2.13 bits per heavy atom. The van der Waals surface area contributed by atoms with Crippen LogP contribution in [-0.2, 0) is 9.47 Å². The molecule has 0 amide bonds. The van der Waals surface area contributed by atoms with Crippen LogP contribution in [0.5, 0.6) is 0 Å². The SMILES string of the molecule is CCOC(CNC(CC)CSC)OCC. The number of nitrogens with one attached hydrogen (secondary N) is 1. The van der Waals surface area contributed by atoms with Gasteiger partial charge in [-0.05, 0) is 26.5 Å². The number of ether oxygens (including phenoxy) is 2. The highest BCUT2D eigenvalue weighted by Gasteiger charge is 2.10. The van der Waals surface area contributed by atoms with Gasteiger partial charge >= 0.3 is 0 Å². The number of hydrogen-bond acceptors (Lipinski definition) is 4. The molecule has 0 bridgehead atoms. The van der Waals surface area contributed by atoms with E-state index >= 15 is 0 Å². The highest BCUT2D eigenvalue weighted by Crippen LogP contribution is 2.02. The van der Waals surface area contributed by atoms with E-state index < -0.39 is 0 Å². The van der Waals surface area contributed by atoms with Gasteiger partial charge in [-0.2, -0.15) is 11.8 Å². The zero-order chi connectivity index (χ0) is 11.5. The maximum absolute atomic E-state index is 5.46. The highest BCUT2D eigenvalue weighted by molar-refractivity contribution is 7.98. The van der Waals surface area contributed by atoms with E-state index in [0.29, 0.717) is 19.3 Å². The van der Waals surface area contributed by atoms with Crippen molar-refractivity contribution in [2.45, 2.75) is 39.5 Å². The molecule has 0 aromatic rings. The molecule has 0 fully saturated rings. The highest BCUT2D eigenvalue weighted by atomic mass is 32.2. The van der Waals surface area contributed by atoms with E-state index in [1.807, 2.05) is 25.6 Å². The van der Waals surface area contributed by atoms with Gasteiger partial charge < -0.3 is 14.8 Å². The quantitative estimate of drug-likeness (QED) is 0.588. The van der Waals surface area contributed by atoms with Crippen LogP contribution < -0.4 is 5.32 Å². The minimum Gasteiger partial charge on any atom is -0.352 e. The van der Waals surface area contributed by atoms with Crippen LogP contribution in [-0.4, -0.2) is 44.1 Å². The summed E-state index contributed by atoms with van der Waals surface area (Å²) in [6, 6.07) is 0.559. The first-order chi connectivity index (χ1) is 7.28. The Morgan fingerprint density at radius 2 is 1.73 bits per heavy atom. The van der Waals surface area contributed by atoms with Crippen molar-refractivity contribution in [3.63, 3.8) is 0 Å². The summed E-state index contributed by atoms with van der Waals surface area (Å²) in [4.78, 5) is 0. The van der Waals surface area contributed by atoms with E-state index in [1.165, 1.54) is 0 Å². The molecule has 0 aromatic carbocycles. The van der Waals surface area contributed by atoms with Gasteiger partial charge in [0.2, 0.25) is 0 Å². The second kappa shape index (κ2) is 10.7. The van der Waals surface area contributed by atoms with Gasteiger partial charge in [-0.15, -0.1) is 0 Å². The Hall–Kier alpha value is 0.230. The molecule has 0 saturated heterocycles. The third kappa shape index (κ3) is 8.08. The Morgan fingerprint density at radius 1 is 1.13 bits per heavy atom. The molecule has 0 aliphatic heterocycles. The van der Waals surface area contributed by atoms with Crippen LogP contribution in [0.2, 0.25) is 0 Å². The topological polar surface area (TPSA) is 30.5 Å². The third-order valence-electron chi connectivity index (χ3n) is 2.14. The van der Waals surface area contributed by atoms with Gasteiger partial charge in [0.1, 0.15) is 0 Å². The zero-order valence-corrected chi connectivity index (χ0v) is 11.2. The van der Waals surface area contributed by atoms with Crippen LogP contribution >= 0.6 is 11.8 Å². The largest absolute Gasteiger partial charge is 0.352 e. The minimum absolute atomic E-state index is 0.101. The standard InChI is InChI=1S/C11H25NO2S/c1-5-10(9-15-4)12-8-11(13-6-2)14-7-3/h10-12H,5-9H2,1-4H3. The molecule has 0 spiro atoms. The van der Waals surface area contributed by atoms with Gasteiger partial charge in [-0.3, -0.25) is 0 Å². The summed E-state index contributed by atoms with van der Waals surface area (Å²) in [5.74, 6) is 1.14. The van der Waals surface area contributed by atoms with Crippen molar-refractivity contribution in [2.24, 2.45) is 0 Å². The van der Waals surface area contributed by atoms with Gasteiger partial charge in [0.15, 0.2) is 6.29 Å². The first kappa shape index (κ1) is 15.2. The van der Waals surface area contributed by atoms with Gasteiger partial charge in [-0.1, -0.05) is 6.92 Å². The second-order valence-electron chi connectivity index (χ2n) is 3.31. The molecule has 0 aliphatic rings. The van der Waals surface area contributed by atoms with E-state index in [-0.39, 0.29) is 6.29 Å². The fourth-order valence-electron chi connectivity index (χ4n) is 1.32. The molecule has 0 heterocycles. The molecular weight excluding hydrogens is 210 g/mol. The fraction of sp³-hybridized carbons (Fsp3) is 1.00.